The Labute approximate surface area is 118 Å². The van der Waals surface area contributed by atoms with Crippen LogP contribution in [0.1, 0.15) is 71.1 Å². The zero-order valence-electron chi connectivity index (χ0n) is 12.7. The molecule has 2 atom stereocenters. The molecule has 3 fully saturated rings. The first-order chi connectivity index (χ1) is 9.18. The average molecular weight is 265 g/mol. The molecule has 0 radical (unpaired) electrons. The van der Waals surface area contributed by atoms with E-state index in [1.54, 1.807) is 0 Å². The second kappa shape index (κ2) is 5.37. The van der Waals surface area contributed by atoms with Crippen LogP contribution in [0.2, 0.25) is 0 Å². The molecule has 2 saturated carbocycles. The van der Waals surface area contributed by atoms with Crippen LogP contribution < -0.4 is 0 Å². The predicted octanol–water partition coefficient (Wildman–Crippen LogP) is 3.58. The lowest BCUT2D eigenvalue weighted by molar-refractivity contribution is -0.123. The molecule has 2 nitrogen and oxygen atoms in total. The van der Waals surface area contributed by atoms with E-state index < -0.39 is 0 Å². The quantitative estimate of drug-likeness (QED) is 0.825. The van der Waals surface area contributed by atoms with Gasteiger partial charge in [0.2, 0.25) is 0 Å². The normalized spacial score (nSPS) is 39.8. The van der Waals surface area contributed by atoms with Crippen molar-refractivity contribution in [3.63, 3.8) is 0 Å². The van der Waals surface area contributed by atoms with E-state index in [1.807, 2.05) is 0 Å². The molecule has 2 heteroatoms. The Kier molecular flexibility index (Phi) is 3.92. The van der Waals surface area contributed by atoms with Crippen molar-refractivity contribution < 1.29 is 5.11 Å². The molecule has 19 heavy (non-hydrogen) atoms. The summed E-state index contributed by atoms with van der Waals surface area (Å²) in [7, 11) is 0. The zero-order valence-corrected chi connectivity index (χ0v) is 12.7. The van der Waals surface area contributed by atoms with E-state index in [0.717, 1.165) is 5.92 Å². The molecule has 1 spiro atoms. The number of hydrogen-bond donors (Lipinski definition) is 1. The number of rotatable bonds is 2. The van der Waals surface area contributed by atoms with Crippen LogP contribution in [0.4, 0.5) is 0 Å². The Balaban J connectivity index is 1.64. The van der Waals surface area contributed by atoms with Crippen LogP contribution in [0.5, 0.6) is 0 Å². The first kappa shape index (κ1) is 13.9. The summed E-state index contributed by atoms with van der Waals surface area (Å²) in [6.45, 7) is 5.30. The van der Waals surface area contributed by atoms with Gasteiger partial charge in [0.25, 0.3) is 0 Å². The van der Waals surface area contributed by atoms with E-state index in [4.69, 9.17) is 0 Å². The standard InChI is InChI=1S/C17H31NO/c1-15-7-6-10-17(11-15,14-19)18-12-16(13-18)8-4-2-3-5-9-16/h15,19H,2-14H2,1H3. The second-order valence-electron chi connectivity index (χ2n) is 7.85. The van der Waals surface area contributed by atoms with Crippen LogP contribution >= 0.6 is 0 Å². The fraction of sp³-hybridized carbons (Fsp3) is 1.00. The summed E-state index contributed by atoms with van der Waals surface area (Å²) in [5.74, 6) is 0.798. The fourth-order valence-corrected chi connectivity index (χ4v) is 5.06. The van der Waals surface area contributed by atoms with Gasteiger partial charge in [0, 0.05) is 18.6 Å². The maximum absolute atomic E-state index is 10.00. The van der Waals surface area contributed by atoms with Crippen molar-refractivity contribution in [2.75, 3.05) is 19.7 Å². The van der Waals surface area contributed by atoms with Gasteiger partial charge < -0.3 is 5.11 Å². The number of likely N-dealkylation sites (tertiary alicyclic amines) is 1. The summed E-state index contributed by atoms with van der Waals surface area (Å²) in [5, 5.41) is 10.00. The average Bonchev–Trinajstić information content (AvgIpc) is 2.62. The summed E-state index contributed by atoms with van der Waals surface area (Å²) < 4.78 is 0. The molecule has 0 bridgehead atoms. The topological polar surface area (TPSA) is 23.5 Å². The van der Waals surface area contributed by atoms with Crippen LogP contribution in [-0.2, 0) is 0 Å². The van der Waals surface area contributed by atoms with Crippen LogP contribution in [0.3, 0.4) is 0 Å². The van der Waals surface area contributed by atoms with Gasteiger partial charge in [-0.25, -0.2) is 0 Å². The lowest BCUT2D eigenvalue weighted by atomic mass is 9.67. The van der Waals surface area contributed by atoms with E-state index in [2.05, 4.69) is 11.8 Å². The van der Waals surface area contributed by atoms with Crippen molar-refractivity contribution in [3.05, 3.63) is 0 Å². The SMILES string of the molecule is CC1CCCC(CO)(N2CC3(CCCCCC3)C2)C1. The Hall–Kier alpha value is -0.0800. The third-order valence-electron chi connectivity index (χ3n) is 6.25. The molecule has 1 heterocycles. The van der Waals surface area contributed by atoms with Gasteiger partial charge in [0.05, 0.1) is 6.61 Å². The Bertz CT molecular complexity index is 300. The molecule has 0 aromatic rings. The van der Waals surface area contributed by atoms with Gasteiger partial charge in [-0.1, -0.05) is 45.4 Å². The van der Waals surface area contributed by atoms with Crippen molar-refractivity contribution in [3.8, 4) is 0 Å². The maximum atomic E-state index is 10.00. The van der Waals surface area contributed by atoms with Gasteiger partial charge in [-0.05, 0) is 37.0 Å². The Morgan fingerprint density at radius 1 is 1.00 bits per heavy atom. The van der Waals surface area contributed by atoms with Gasteiger partial charge in [0.1, 0.15) is 0 Å². The highest BCUT2D eigenvalue weighted by molar-refractivity contribution is 5.05. The Morgan fingerprint density at radius 2 is 1.68 bits per heavy atom. The number of aliphatic hydroxyl groups is 1. The minimum Gasteiger partial charge on any atom is -0.394 e. The molecular weight excluding hydrogens is 234 g/mol. The number of nitrogens with zero attached hydrogens (tertiary/aromatic N) is 1. The highest BCUT2D eigenvalue weighted by Gasteiger charge is 2.51. The van der Waals surface area contributed by atoms with E-state index in [9.17, 15) is 5.11 Å². The van der Waals surface area contributed by atoms with Gasteiger partial charge >= 0.3 is 0 Å². The maximum Gasteiger partial charge on any atom is 0.0615 e. The van der Waals surface area contributed by atoms with E-state index in [1.165, 1.54) is 77.3 Å². The van der Waals surface area contributed by atoms with E-state index >= 15 is 0 Å². The molecule has 1 saturated heterocycles. The fourth-order valence-electron chi connectivity index (χ4n) is 5.06. The number of hydrogen-bond acceptors (Lipinski definition) is 2. The van der Waals surface area contributed by atoms with Crippen LogP contribution in [-0.4, -0.2) is 35.2 Å². The minimum absolute atomic E-state index is 0.148. The van der Waals surface area contributed by atoms with Gasteiger partial charge in [0.15, 0.2) is 0 Å². The minimum atomic E-state index is 0.148. The Morgan fingerprint density at radius 3 is 2.26 bits per heavy atom. The first-order valence-electron chi connectivity index (χ1n) is 8.54. The summed E-state index contributed by atoms with van der Waals surface area (Å²) in [6.07, 6.45) is 13.8. The van der Waals surface area contributed by atoms with Crippen molar-refractivity contribution in [2.24, 2.45) is 11.3 Å². The zero-order chi connectivity index (χ0) is 13.3. The van der Waals surface area contributed by atoms with E-state index in [-0.39, 0.29) is 5.54 Å². The lowest BCUT2D eigenvalue weighted by Crippen LogP contribution is -2.67. The van der Waals surface area contributed by atoms with Crippen molar-refractivity contribution in [1.82, 2.24) is 4.90 Å². The monoisotopic (exact) mass is 265 g/mol. The van der Waals surface area contributed by atoms with Gasteiger partial charge in [-0.2, -0.15) is 0 Å². The van der Waals surface area contributed by atoms with Crippen LogP contribution in [0.25, 0.3) is 0 Å². The van der Waals surface area contributed by atoms with Gasteiger partial charge in [-0.3, -0.25) is 4.90 Å². The largest absolute Gasteiger partial charge is 0.394 e. The van der Waals surface area contributed by atoms with E-state index in [0.29, 0.717) is 12.0 Å². The molecule has 2 unspecified atom stereocenters. The molecule has 110 valence electrons. The van der Waals surface area contributed by atoms with Crippen molar-refractivity contribution in [2.45, 2.75) is 76.7 Å². The summed E-state index contributed by atoms with van der Waals surface area (Å²) in [6, 6.07) is 0. The summed E-state index contributed by atoms with van der Waals surface area (Å²) in [5.41, 5.74) is 0.786. The third kappa shape index (κ3) is 2.58. The molecule has 0 aromatic carbocycles. The third-order valence-corrected chi connectivity index (χ3v) is 6.25. The van der Waals surface area contributed by atoms with Crippen LogP contribution in [0, 0.1) is 11.3 Å². The molecule has 2 aliphatic carbocycles. The molecule has 3 rings (SSSR count). The molecule has 0 aromatic heterocycles. The highest BCUT2D eigenvalue weighted by Crippen LogP contribution is 2.49. The van der Waals surface area contributed by atoms with Gasteiger partial charge in [-0.15, -0.1) is 0 Å². The summed E-state index contributed by atoms with van der Waals surface area (Å²) >= 11 is 0. The summed E-state index contributed by atoms with van der Waals surface area (Å²) in [4.78, 5) is 2.66. The smallest absolute Gasteiger partial charge is 0.0615 e. The lowest BCUT2D eigenvalue weighted by Gasteiger charge is -2.60. The number of aliphatic hydroxyl groups excluding tert-OH is 1. The van der Waals surface area contributed by atoms with Crippen molar-refractivity contribution in [1.29, 1.82) is 0 Å². The van der Waals surface area contributed by atoms with Crippen molar-refractivity contribution >= 4 is 0 Å². The van der Waals surface area contributed by atoms with Crippen LogP contribution in [0.15, 0.2) is 0 Å². The molecular formula is C17H31NO. The second-order valence-corrected chi connectivity index (χ2v) is 7.85. The molecule has 0 amide bonds. The molecule has 3 aliphatic rings. The molecule has 1 N–H and O–H groups in total. The molecule has 1 aliphatic heterocycles. The predicted molar refractivity (Wildman–Crippen MR) is 79.2 cm³/mol. The first-order valence-corrected chi connectivity index (χ1v) is 8.54. The highest BCUT2D eigenvalue weighted by atomic mass is 16.3.